The second-order valence-corrected chi connectivity index (χ2v) is 7.01. The first-order chi connectivity index (χ1) is 7.39. The van der Waals surface area contributed by atoms with Crippen LogP contribution < -0.4 is 5.32 Å². The van der Waals surface area contributed by atoms with E-state index in [0.717, 1.165) is 10.9 Å². The van der Waals surface area contributed by atoms with Gasteiger partial charge in [-0.3, -0.25) is 4.79 Å². The van der Waals surface area contributed by atoms with Crippen molar-refractivity contribution in [2.45, 2.75) is 24.6 Å². The summed E-state index contributed by atoms with van der Waals surface area (Å²) in [6, 6.07) is 8.10. The van der Waals surface area contributed by atoms with Crippen LogP contribution in [0.15, 0.2) is 28.7 Å². The van der Waals surface area contributed by atoms with Crippen molar-refractivity contribution >= 4 is 37.8 Å². The molecule has 0 saturated carbocycles. The van der Waals surface area contributed by atoms with Gasteiger partial charge in [-0.25, -0.2) is 0 Å². The highest BCUT2D eigenvalue weighted by Crippen LogP contribution is 2.15. The van der Waals surface area contributed by atoms with Crippen molar-refractivity contribution in [2.75, 3.05) is 6.54 Å². The molecule has 1 amide bonds. The van der Waals surface area contributed by atoms with Crippen molar-refractivity contribution < 1.29 is 4.79 Å². The van der Waals surface area contributed by atoms with Crippen LogP contribution in [0.1, 0.15) is 19.4 Å². The fourth-order valence-electron chi connectivity index (χ4n) is 1.22. The third kappa shape index (κ3) is 4.66. The van der Waals surface area contributed by atoms with Crippen LogP contribution in [0.2, 0.25) is 0 Å². The van der Waals surface area contributed by atoms with Gasteiger partial charge >= 0.3 is 0 Å². The molecule has 0 spiro atoms. The molecule has 1 rings (SSSR count). The normalized spacial score (nSPS) is 11.2. The molecule has 1 aromatic rings. The lowest BCUT2D eigenvalue weighted by molar-refractivity contribution is -0.122. The number of alkyl halides is 1. The van der Waals surface area contributed by atoms with Crippen LogP contribution in [0.25, 0.3) is 0 Å². The van der Waals surface area contributed by atoms with E-state index < -0.39 is 4.32 Å². The van der Waals surface area contributed by atoms with Crippen LogP contribution in [-0.2, 0) is 11.2 Å². The Balaban J connectivity index is 2.39. The van der Waals surface area contributed by atoms with Crippen molar-refractivity contribution in [1.29, 1.82) is 0 Å². The van der Waals surface area contributed by atoms with Crippen molar-refractivity contribution in [1.82, 2.24) is 5.32 Å². The number of carbonyl (C=O) groups is 1. The van der Waals surface area contributed by atoms with Crippen molar-refractivity contribution in [3.8, 4) is 0 Å². The number of carbonyl (C=O) groups excluding carboxylic acids is 1. The molecule has 0 aliphatic carbocycles. The van der Waals surface area contributed by atoms with Crippen molar-refractivity contribution in [3.63, 3.8) is 0 Å². The Bertz CT molecular complexity index is 372. The fourth-order valence-corrected chi connectivity index (χ4v) is 1.81. The summed E-state index contributed by atoms with van der Waals surface area (Å²) in [5, 5.41) is 2.89. The molecule has 0 atom stereocenters. The average molecular weight is 349 g/mol. The van der Waals surface area contributed by atoms with E-state index in [1.54, 1.807) is 0 Å². The number of hydrogen-bond donors (Lipinski definition) is 1. The molecule has 1 N–H and O–H groups in total. The van der Waals surface area contributed by atoms with Gasteiger partial charge < -0.3 is 5.32 Å². The monoisotopic (exact) mass is 347 g/mol. The van der Waals surface area contributed by atoms with E-state index in [9.17, 15) is 4.79 Å². The molecule has 88 valence electrons. The zero-order valence-electron chi connectivity index (χ0n) is 9.39. The number of nitrogens with one attached hydrogen (secondary N) is 1. The SMILES string of the molecule is CC(C)(Br)C(=O)NCCc1cccc(Br)c1. The van der Waals surface area contributed by atoms with Crippen LogP contribution in [-0.4, -0.2) is 16.8 Å². The summed E-state index contributed by atoms with van der Waals surface area (Å²) in [6.45, 7) is 4.33. The minimum absolute atomic E-state index is 0.0162. The topological polar surface area (TPSA) is 29.1 Å². The molecule has 0 aromatic heterocycles. The van der Waals surface area contributed by atoms with Crippen LogP contribution in [0.5, 0.6) is 0 Å². The average Bonchev–Trinajstić information content (AvgIpc) is 2.16. The largest absolute Gasteiger partial charge is 0.355 e. The second-order valence-electron chi connectivity index (χ2n) is 4.11. The summed E-state index contributed by atoms with van der Waals surface area (Å²) in [5.41, 5.74) is 1.21. The summed E-state index contributed by atoms with van der Waals surface area (Å²) in [5.74, 6) is 0.0162. The number of hydrogen-bond acceptors (Lipinski definition) is 1. The maximum atomic E-state index is 11.6. The third-order valence-electron chi connectivity index (χ3n) is 2.13. The minimum atomic E-state index is -0.496. The lowest BCUT2D eigenvalue weighted by Crippen LogP contribution is -2.38. The van der Waals surface area contributed by atoms with Crippen LogP contribution >= 0.6 is 31.9 Å². The second kappa shape index (κ2) is 5.82. The Hall–Kier alpha value is -0.350. The lowest BCUT2D eigenvalue weighted by Gasteiger charge is -2.15. The molecule has 0 heterocycles. The summed E-state index contributed by atoms with van der Waals surface area (Å²) in [4.78, 5) is 11.6. The molecule has 0 radical (unpaired) electrons. The van der Waals surface area contributed by atoms with Crippen molar-refractivity contribution in [3.05, 3.63) is 34.3 Å². The molecule has 0 aliphatic rings. The van der Waals surface area contributed by atoms with E-state index in [-0.39, 0.29) is 5.91 Å². The Morgan fingerprint density at radius 1 is 1.44 bits per heavy atom. The van der Waals surface area contributed by atoms with Crippen LogP contribution in [0.3, 0.4) is 0 Å². The first-order valence-corrected chi connectivity index (χ1v) is 6.70. The Morgan fingerprint density at radius 3 is 2.69 bits per heavy atom. The van der Waals surface area contributed by atoms with Crippen LogP contribution in [0, 0.1) is 0 Å². The van der Waals surface area contributed by atoms with E-state index >= 15 is 0 Å². The van der Waals surface area contributed by atoms with Gasteiger partial charge in [-0.05, 0) is 38.0 Å². The van der Waals surface area contributed by atoms with Gasteiger partial charge in [-0.15, -0.1) is 0 Å². The molecule has 1 aromatic carbocycles. The number of halogens is 2. The summed E-state index contributed by atoms with van der Waals surface area (Å²) >= 11 is 6.74. The summed E-state index contributed by atoms with van der Waals surface area (Å²) < 4.78 is 0.571. The van der Waals surface area contributed by atoms with Crippen LogP contribution in [0.4, 0.5) is 0 Å². The molecular weight excluding hydrogens is 334 g/mol. The maximum absolute atomic E-state index is 11.6. The molecule has 2 nitrogen and oxygen atoms in total. The molecule has 0 bridgehead atoms. The predicted octanol–water partition coefficient (Wildman–Crippen LogP) is 3.28. The molecule has 0 saturated heterocycles. The van der Waals surface area contributed by atoms with E-state index in [0.29, 0.717) is 6.54 Å². The third-order valence-corrected chi connectivity index (χ3v) is 2.98. The highest BCUT2D eigenvalue weighted by atomic mass is 79.9. The van der Waals surface area contributed by atoms with E-state index in [1.807, 2.05) is 26.0 Å². The molecule has 0 fully saturated rings. The highest BCUT2D eigenvalue weighted by Gasteiger charge is 2.22. The first kappa shape index (κ1) is 13.7. The van der Waals surface area contributed by atoms with E-state index in [1.165, 1.54) is 5.56 Å². The first-order valence-electron chi connectivity index (χ1n) is 5.11. The zero-order chi connectivity index (χ0) is 12.2. The Morgan fingerprint density at radius 2 is 2.12 bits per heavy atom. The van der Waals surface area contributed by atoms with Gasteiger partial charge in [0, 0.05) is 11.0 Å². The number of rotatable bonds is 4. The molecule has 4 heteroatoms. The predicted molar refractivity (Wildman–Crippen MR) is 73.9 cm³/mol. The highest BCUT2D eigenvalue weighted by molar-refractivity contribution is 9.10. The molecule has 0 unspecified atom stereocenters. The quantitative estimate of drug-likeness (QED) is 0.831. The standard InChI is InChI=1S/C12H15Br2NO/c1-12(2,14)11(16)15-7-6-9-4-3-5-10(13)8-9/h3-5,8H,6-7H2,1-2H3,(H,15,16). The minimum Gasteiger partial charge on any atom is -0.355 e. The smallest absolute Gasteiger partial charge is 0.236 e. The number of benzene rings is 1. The lowest BCUT2D eigenvalue weighted by atomic mass is 10.1. The molecule has 0 aliphatic heterocycles. The van der Waals surface area contributed by atoms with E-state index in [4.69, 9.17) is 0 Å². The van der Waals surface area contributed by atoms with Crippen molar-refractivity contribution in [2.24, 2.45) is 0 Å². The van der Waals surface area contributed by atoms with Gasteiger partial charge in [0.2, 0.25) is 5.91 Å². The Kier molecular flexibility index (Phi) is 4.99. The van der Waals surface area contributed by atoms with E-state index in [2.05, 4.69) is 49.3 Å². The zero-order valence-corrected chi connectivity index (χ0v) is 12.6. The van der Waals surface area contributed by atoms with Gasteiger partial charge in [0.05, 0.1) is 4.32 Å². The molecule has 16 heavy (non-hydrogen) atoms. The number of amides is 1. The van der Waals surface area contributed by atoms with Gasteiger partial charge in [0.1, 0.15) is 0 Å². The summed E-state index contributed by atoms with van der Waals surface area (Å²) in [6.07, 6.45) is 0.842. The summed E-state index contributed by atoms with van der Waals surface area (Å²) in [7, 11) is 0. The van der Waals surface area contributed by atoms with Gasteiger partial charge in [0.25, 0.3) is 0 Å². The van der Waals surface area contributed by atoms with Gasteiger partial charge in [0.15, 0.2) is 0 Å². The molecular formula is C12H15Br2NO. The van der Waals surface area contributed by atoms with Gasteiger partial charge in [-0.2, -0.15) is 0 Å². The maximum Gasteiger partial charge on any atom is 0.236 e. The van der Waals surface area contributed by atoms with Gasteiger partial charge in [-0.1, -0.05) is 44.0 Å². The Labute approximate surface area is 113 Å². The fraction of sp³-hybridized carbons (Fsp3) is 0.417.